The van der Waals surface area contributed by atoms with Crippen molar-refractivity contribution in [3.8, 4) is 0 Å². The zero-order valence-corrected chi connectivity index (χ0v) is 8.80. The fourth-order valence-corrected chi connectivity index (χ4v) is 1.47. The molecule has 16 heavy (non-hydrogen) atoms. The molecule has 0 radical (unpaired) electrons. The van der Waals surface area contributed by atoms with E-state index in [1.807, 2.05) is 13.0 Å². The summed E-state index contributed by atoms with van der Waals surface area (Å²) >= 11 is 0. The quantitative estimate of drug-likeness (QED) is 0.856. The number of benzene rings is 1. The van der Waals surface area contributed by atoms with E-state index in [2.05, 4.69) is 4.98 Å². The fraction of sp³-hybridized carbons (Fsp3) is 0.167. The van der Waals surface area contributed by atoms with Crippen LogP contribution in [-0.2, 0) is 6.42 Å². The number of nitrogens with zero attached hydrogens (tertiary/aromatic N) is 1. The summed E-state index contributed by atoms with van der Waals surface area (Å²) in [6, 6.07) is 6.76. The minimum absolute atomic E-state index is 0.278. The van der Waals surface area contributed by atoms with E-state index in [9.17, 15) is 4.79 Å². The van der Waals surface area contributed by atoms with Crippen LogP contribution in [-0.4, -0.2) is 16.1 Å². The Morgan fingerprint density at radius 2 is 2.31 bits per heavy atom. The van der Waals surface area contributed by atoms with Crippen LogP contribution in [0.25, 0.3) is 0 Å². The summed E-state index contributed by atoms with van der Waals surface area (Å²) in [7, 11) is 0. The average molecular weight is 217 g/mol. The molecule has 1 N–H and O–H groups in total. The van der Waals surface area contributed by atoms with Crippen LogP contribution in [0.15, 0.2) is 34.9 Å². The highest BCUT2D eigenvalue weighted by Crippen LogP contribution is 2.11. The van der Waals surface area contributed by atoms with Gasteiger partial charge in [-0.3, -0.25) is 0 Å². The Labute approximate surface area is 92.6 Å². The maximum absolute atomic E-state index is 10.8. The number of aryl methyl sites for hydroxylation is 1. The van der Waals surface area contributed by atoms with Gasteiger partial charge in [-0.15, -0.1) is 0 Å². The largest absolute Gasteiger partial charge is 0.478 e. The monoisotopic (exact) mass is 217 g/mol. The van der Waals surface area contributed by atoms with Gasteiger partial charge in [0.1, 0.15) is 6.26 Å². The van der Waals surface area contributed by atoms with Gasteiger partial charge in [0.25, 0.3) is 0 Å². The highest BCUT2D eigenvalue weighted by Gasteiger charge is 2.06. The van der Waals surface area contributed by atoms with E-state index in [0.29, 0.717) is 12.3 Å². The van der Waals surface area contributed by atoms with Gasteiger partial charge in [0, 0.05) is 6.42 Å². The molecule has 2 aromatic rings. The van der Waals surface area contributed by atoms with Crippen molar-refractivity contribution in [3.05, 3.63) is 53.2 Å². The third kappa shape index (κ3) is 2.28. The number of hydrogen-bond acceptors (Lipinski definition) is 3. The Morgan fingerprint density at radius 1 is 1.50 bits per heavy atom. The molecule has 0 amide bonds. The Hall–Kier alpha value is -2.10. The van der Waals surface area contributed by atoms with Crippen molar-refractivity contribution >= 4 is 5.97 Å². The predicted molar refractivity (Wildman–Crippen MR) is 57.4 cm³/mol. The highest BCUT2D eigenvalue weighted by atomic mass is 16.4. The molecule has 2 rings (SSSR count). The lowest BCUT2D eigenvalue weighted by Gasteiger charge is -1.99. The van der Waals surface area contributed by atoms with Crippen molar-refractivity contribution in [2.45, 2.75) is 13.3 Å². The fourth-order valence-electron chi connectivity index (χ4n) is 1.47. The van der Waals surface area contributed by atoms with Crippen LogP contribution in [0.2, 0.25) is 0 Å². The zero-order valence-electron chi connectivity index (χ0n) is 8.80. The number of carbonyl (C=O) groups is 1. The number of aromatic nitrogens is 1. The summed E-state index contributed by atoms with van der Waals surface area (Å²) < 4.78 is 5.21. The van der Waals surface area contributed by atoms with Crippen molar-refractivity contribution in [1.82, 2.24) is 4.98 Å². The molecule has 4 nitrogen and oxygen atoms in total. The van der Waals surface area contributed by atoms with E-state index in [4.69, 9.17) is 9.52 Å². The van der Waals surface area contributed by atoms with Gasteiger partial charge in [-0.05, 0) is 24.6 Å². The van der Waals surface area contributed by atoms with E-state index in [1.54, 1.807) is 24.5 Å². The lowest BCUT2D eigenvalue weighted by atomic mass is 10.1. The zero-order chi connectivity index (χ0) is 11.5. The van der Waals surface area contributed by atoms with Crippen LogP contribution in [0.5, 0.6) is 0 Å². The van der Waals surface area contributed by atoms with Crippen molar-refractivity contribution < 1.29 is 14.3 Å². The predicted octanol–water partition coefficient (Wildman–Crippen LogP) is 2.27. The second kappa shape index (κ2) is 4.18. The molecule has 0 fully saturated rings. The first-order chi connectivity index (χ1) is 7.65. The molecule has 0 unspecified atom stereocenters. The first-order valence-electron chi connectivity index (χ1n) is 4.88. The van der Waals surface area contributed by atoms with Gasteiger partial charge in [-0.2, -0.15) is 0 Å². The summed E-state index contributed by atoms with van der Waals surface area (Å²) in [5.74, 6) is -0.328. The number of rotatable bonds is 3. The molecule has 1 heterocycles. The molecule has 1 aromatic heterocycles. The Bertz CT molecular complexity index is 516. The first kappa shape index (κ1) is 10.4. The molecule has 0 saturated heterocycles. The van der Waals surface area contributed by atoms with Gasteiger partial charge >= 0.3 is 5.97 Å². The maximum atomic E-state index is 10.8. The third-order valence-corrected chi connectivity index (χ3v) is 2.20. The SMILES string of the molecule is Cc1coc(Cc2cccc(C(=O)O)c2)n1. The van der Waals surface area contributed by atoms with Crippen LogP contribution in [0, 0.1) is 6.92 Å². The molecule has 0 aliphatic heterocycles. The van der Waals surface area contributed by atoms with Gasteiger partial charge in [-0.25, -0.2) is 9.78 Å². The van der Waals surface area contributed by atoms with Gasteiger partial charge in [0.2, 0.25) is 0 Å². The average Bonchev–Trinajstić information content (AvgIpc) is 2.64. The van der Waals surface area contributed by atoms with Crippen molar-refractivity contribution in [3.63, 3.8) is 0 Å². The molecule has 0 atom stereocenters. The number of carboxylic acids is 1. The van der Waals surface area contributed by atoms with Gasteiger partial charge in [0.05, 0.1) is 11.3 Å². The number of hydrogen-bond donors (Lipinski definition) is 1. The number of oxazole rings is 1. The second-order valence-corrected chi connectivity index (χ2v) is 3.56. The van der Waals surface area contributed by atoms with Crippen LogP contribution in [0.4, 0.5) is 0 Å². The molecular formula is C12H11NO3. The minimum Gasteiger partial charge on any atom is -0.478 e. The molecule has 0 aliphatic rings. The number of carboxylic acid groups (broad SMARTS) is 1. The minimum atomic E-state index is -0.926. The standard InChI is InChI=1S/C12H11NO3/c1-8-7-16-11(13-8)6-9-3-2-4-10(5-9)12(14)15/h2-5,7H,6H2,1H3,(H,14,15). The van der Waals surface area contributed by atoms with Crippen LogP contribution in [0.1, 0.15) is 27.5 Å². The van der Waals surface area contributed by atoms with E-state index < -0.39 is 5.97 Å². The van der Waals surface area contributed by atoms with Crippen molar-refractivity contribution in [2.24, 2.45) is 0 Å². The Balaban J connectivity index is 2.21. The lowest BCUT2D eigenvalue weighted by Crippen LogP contribution is -1.97. The first-order valence-corrected chi connectivity index (χ1v) is 4.88. The molecule has 4 heteroatoms. The summed E-state index contributed by atoms with van der Waals surface area (Å²) in [5, 5.41) is 8.84. The van der Waals surface area contributed by atoms with Crippen LogP contribution < -0.4 is 0 Å². The van der Waals surface area contributed by atoms with E-state index in [0.717, 1.165) is 11.3 Å². The van der Waals surface area contributed by atoms with Crippen LogP contribution in [0.3, 0.4) is 0 Å². The van der Waals surface area contributed by atoms with E-state index in [1.165, 1.54) is 0 Å². The number of aromatic carboxylic acids is 1. The molecule has 0 bridgehead atoms. The van der Waals surface area contributed by atoms with Crippen molar-refractivity contribution in [1.29, 1.82) is 0 Å². The topological polar surface area (TPSA) is 63.3 Å². The molecule has 82 valence electrons. The van der Waals surface area contributed by atoms with Crippen molar-refractivity contribution in [2.75, 3.05) is 0 Å². The smallest absolute Gasteiger partial charge is 0.335 e. The summed E-state index contributed by atoms with van der Waals surface area (Å²) in [4.78, 5) is 14.9. The second-order valence-electron chi connectivity index (χ2n) is 3.56. The van der Waals surface area contributed by atoms with Gasteiger partial charge in [-0.1, -0.05) is 12.1 Å². The molecule has 0 aliphatic carbocycles. The Kier molecular flexibility index (Phi) is 2.72. The van der Waals surface area contributed by atoms with Crippen LogP contribution >= 0.6 is 0 Å². The molecule has 1 aromatic carbocycles. The van der Waals surface area contributed by atoms with E-state index in [-0.39, 0.29) is 5.56 Å². The normalized spacial score (nSPS) is 10.3. The van der Waals surface area contributed by atoms with Gasteiger partial charge in [0.15, 0.2) is 5.89 Å². The lowest BCUT2D eigenvalue weighted by molar-refractivity contribution is 0.0696. The highest BCUT2D eigenvalue weighted by molar-refractivity contribution is 5.87. The summed E-state index contributed by atoms with van der Waals surface area (Å²) in [6.45, 7) is 1.85. The molecule has 0 spiro atoms. The Morgan fingerprint density at radius 3 is 2.94 bits per heavy atom. The summed E-state index contributed by atoms with van der Waals surface area (Å²) in [5.41, 5.74) is 1.98. The van der Waals surface area contributed by atoms with E-state index >= 15 is 0 Å². The van der Waals surface area contributed by atoms with Gasteiger partial charge < -0.3 is 9.52 Å². The molecule has 0 saturated carbocycles. The maximum Gasteiger partial charge on any atom is 0.335 e. The third-order valence-electron chi connectivity index (χ3n) is 2.20. The summed E-state index contributed by atoms with van der Waals surface area (Å²) in [6.07, 6.45) is 2.09. The molecular weight excluding hydrogens is 206 g/mol.